The Kier molecular flexibility index (Phi) is 4.18. The highest BCUT2D eigenvalue weighted by Crippen LogP contribution is 2.21. The summed E-state index contributed by atoms with van der Waals surface area (Å²) in [6, 6.07) is 12.3. The van der Waals surface area contributed by atoms with Crippen LogP contribution in [0, 0.1) is 20.8 Å². The summed E-state index contributed by atoms with van der Waals surface area (Å²) >= 11 is 1.56. The zero-order chi connectivity index (χ0) is 16.6. The van der Waals surface area contributed by atoms with Crippen molar-refractivity contribution in [3.8, 4) is 0 Å². The molecular formula is C19H20N2OS. The third-order valence-corrected chi connectivity index (χ3v) is 5.18. The fourth-order valence-electron chi connectivity index (χ4n) is 2.63. The monoisotopic (exact) mass is 324 g/mol. The lowest BCUT2D eigenvalue weighted by Crippen LogP contribution is -2.14. The third kappa shape index (κ3) is 3.27. The predicted molar refractivity (Wildman–Crippen MR) is 95.7 cm³/mol. The van der Waals surface area contributed by atoms with Gasteiger partial charge in [-0.3, -0.25) is 4.79 Å². The first-order valence-corrected chi connectivity index (χ1v) is 8.45. The summed E-state index contributed by atoms with van der Waals surface area (Å²) in [4.78, 5) is 17.4. The summed E-state index contributed by atoms with van der Waals surface area (Å²) in [5.74, 6) is -0.105. The number of benzene rings is 2. The van der Waals surface area contributed by atoms with E-state index in [4.69, 9.17) is 0 Å². The van der Waals surface area contributed by atoms with Crippen LogP contribution in [-0.2, 0) is 18.3 Å². The normalized spacial score (nSPS) is 12.1. The number of fused-ring (bicyclic) bond motifs is 1. The van der Waals surface area contributed by atoms with Gasteiger partial charge in [0.1, 0.15) is 0 Å². The molecule has 0 radical (unpaired) electrons. The van der Waals surface area contributed by atoms with E-state index in [0.29, 0.717) is 6.42 Å². The van der Waals surface area contributed by atoms with Gasteiger partial charge in [0.25, 0.3) is 5.91 Å². The summed E-state index contributed by atoms with van der Waals surface area (Å²) in [6.45, 7) is 6.24. The van der Waals surface area contributed by atoms with Crippen LogP contribution in [0.3, 0.4) is 0 Å². The number of rotatable bonds is 2. The average Bonchev–Trinajstić information content (AvgIpc) is 2.76. The Morgan fingerprint density at radius 1 is 1.13 bits per heavy atom. The first-order valence-electron chi connectivity index (χ1n) is 7.64. The molecule has 0 N–H and O–H groups in total. The SMILES string of the molecule is Cc1cccc(CC(=O)N=c2sc3cc(C)c(C)cc3n2C)c1. The molecule has 3 rings (SSSR count). The van der Waals surface area contributed by atoms with Crippen molar-refractivity contribution in [1.82, 2.24) is 4.57 Å². The summed E-state index contributed by atoms with van der Waals surface area (Å²) in [5, 5.41) is 0. The smallest absolute Gasteiger partial charge is 0.252 e. The molecule has 1 heterocycles. The van der Waals surface area contributed by atoms with Crippen molar-refractivity contribution in [2.45, 2.75) is 27.2 Å². The minimum atomic E-state index is -0.105. The van der Waals surface area contributed by atoms with Gasteiger partial charge in [-0.25, -0.2) is 0 Å². The van der Waals surface area contributed by atoms with Gasteiger partial charge >= 0.3 is 0 Å². The van der Waals surface area contributed by atoms with Crippen LogP contribution in [0.25, 0.3) is 10.2 Å². The van der Waals surface area contributed by atoms with E-state index in [0.717, 1.165) is 26.1 Å². The van der Waals surface area contributed by atoms with Crippen LogP contribution in [-0.4, -0.2) is 10.5 Å². The van der Waals surface area contributed by atoms with Crippen molar-refractivity contribution in [2.24, 2.45) is 12.0 Å². The molecule has 3 aromatic rings. The molecule has 1 aromatic heterocycles. The summed E-state index contributed by atoms with van der Waals surface area (Å²) in [6.07, 6.45) is 0.341. The number of carbonyl (C=O) groups is 1. The molecule has 4 heteroatoms. The lowest BCUT2D eigenvalue weighted by Gasteiger charge is -2.01. The molecule has 0 unspecified atom stereocenters. The average molecular weight is 324 g/mol. The number of thiazole rings is 1. The van der Waals surface area contributed by atoms with Gasteiger partial charge in [-0.2, -0.15) is 4.99 Å². The minimum Gasteiger partial charge on any atom is -0.319 e. The highest BCUT2D eigenvalue weighted by Gasteiger charge is 2.07. The molecule has 0 fully saturated rings. The molecule has 2 aromatic carbocycles. The fourth-order valence-corrected chi connectivity index (χ4v) is 3.74. The molecule has 118 valence electrons. The molecule has 0 aliphatic carbocycles. The molecule has 23 heavy (non-hydrogen) atoms. The van der Waals surface area contributed by atoms with Gasteiger partial charge in [-0.05, 0) is 49.6 Å². The van der Waals surface area contributed by atoms with E-state index in [1.807, 2.05) is 42.8 Å². The number of nitrogens with zero attached hydrogens (tertiary/aromatic N) is 2. The van der Waals surface area contributed by atoms with Gasteiger partial charge in [0.2, 0.25) is 0 Å². The van der Waals surface area contributed by atoms with Crippen LogP contribution >= 0.6 is 11.3 Å². The number of hydrogen-bond acceptors (Lipinski definition) is 2. The van der Waals surface area contributed by atoms with Gasteiger partial charge in [0.05, 0.1) is 16.6 Å². The summed E-state index contributed by atoms with van der Waals surface area (Å²) in [5.41, 5.74) is 5.81. The molecule has 0 saturated heterocycles. The summed E-state index contributed by atoms with van der Waals surface area (Å²) in [7, 11) is 1.96. The number of carbonyl (C=O) groups excluding carboxylic acids is 1. The van der Waals surface area contributed by atoms with Crippen molar-refractivity contribution in [2.75, 3.05) is 0 Å². The Balaban J connectivity index is 1.97. The second kappa shape index (κ2) is 6.13. The number of amides is 1. The number of aryl methyl sites for hydroxylation is 4. The highest BCUT2D eigenvalue weighted by atomic mass is 32.1. The van der Waals surface area contributed by atoms with E-state index in [9.17, 15) is 4.79 Å². The zero-order valence-corrected chi connectivity index (χ0v) is 14.7. The van der Waals surface area contributed by atoms with Gasteiger partial charge in [0, 0.05) is 7.05 Å². The topological polar surface area (TPSA) is 34.4 Å². The van der Waals surface area contributed by atoms with E-state index < -0.39 is 0 Å². The maximum Gasteiger partial charge on any atom is 0.252 e. The first-order chi connectivity index (χ1) is 10.9. The molecule has 1 amide bonds. The number of aromatic nitrogens is 1. The van der Waals surface area contributed by atoms with E-state index in [1.165, 1.54) is 11.1 Å². The van der Waals surface area contributed by atoms with Crippen LogP contribution < -0.4 is 4.80 Å². The quantitative estimate of drug-likeness (QED) is 0.705. The van der Waals surface area contributed by atoms with E-state index in [1.54, 1.807) is 11.3 Å². The Labute approximate surface area is 139 Å². The number of hydrogen-bond donors (Lipinski definition) is 0. The third-order valence-electron chi connectivity index (χ3n) is 4.08. The molecule has 0 bridgehead atoms. The van der Waals surface area contributed by atoms with E-state index in [2.05, 4.69) is 31.0 Å². The lowest BCUT2D eigenvalue weighted by atomic mass is 10.1. The largest absolute Gasteiger partial charge is 0.319 e. The van der Waals surface area contributed by atoms with Gasteiger partial charge in [-0.15, -0.1) is 0 Å². The Bertz CT molecular complexity index is 963. The van der Waals surface area contributed by atoms with Crippen molar-refractivity contribution in [3.63, 3.8) is 0 Å². The fraction of sp³-hybridized carbons (Fsp3) is 0.263. The molecule has 0 aliphatic heterocycles. The molecule has 0 saturated carbocycles. The standard InChI is InChI=1S/C19H20N2OS/c1-12-6-5-7-15(8-12)11-18(22)20-19-21(4)16-9-13(2)14(3)10-17(16)23-19/h5-10H,11H2,1-4H3. The van der Waals surface area contributed by atoms with Crippen molar-refractivity contribution < 1.29 is 4.79 Å². The van der Waals surface area contributed by atoms with Crippen molar-refractivity contribution in [1.29, 1.82) is 0 Å². The van der Waals surface area contributed by atoms with Crippen LogP contribution in [0.2, 0.25) is 0 Å². The van der Waals surface area contributed by atoms with E-state index >= 15 is 0 Å². The van der Waals surface area contributed by atoms with Gasteiger partial charge in [0.15, 0.2) is 4.80 Å². The first kappa shape index (κ1) is 15.7. The van der Waals surface area contributed by atoms with Crippen LogP contribution in [0.15, 0.2) is 41.4 Å². The minimum absolute atomic E-state index is 0.105. The molecule has 0 atom stereocenters. The maximum absolute atomic E-state index is 12.3. The Morgan fingerprint density at radius 3 is 2.61 bits per heavy atom. The summed E-state index contributed by atoms with van der Waals surface area (Å²) < 4.78 is 3.17. The van der Waals surface area contributed by atoms with Crippen LogP contribution in [0.5, 0.6) is 0 Å². The highest BCUT2D eigenvalue weighted by molar-refractivity contribution is 7.16. The molecule has 3 nitrogen and oxygen atoms in total. The van der Waals surface area contributed by atoms with Crippen LogP contribution in [0.1, 0.15) is 22.3 Å². The second-order valence-corrected chi connectivity index (χ2v) is 7.03. The Morgan fingerprint density at radius 2 is 1.87 bits per heavy atom. The van der Waals surface area contributed by atoms with Gasteiger partial charge < -0.3 is 4.57 Å². The predicted octanol–water partition coefficient (Wildman–Crippen LogP) is 3.84. The lowest BCUT2D eigenvalue weighted by molar-refractivity contribution is -0.117. The van der Waals surface area contributed by atoms with Crippen molar-refractivity contribution >= 4 is 27.5 Å². The van der Waals surface area contributed by atoms with Crippen molar-refractivity contribution in [3.05, 3.63) is 63.5 Å². The Hall–Kier alpha value is -2.20. The second-order valence-electron chi connectivity index (χ2n) is 6.02. The molecule has 0 aliphatic rings. The van der Waals surface area contributed by atoms with Crippen LogP contribution in [0.4, 0.5) is 0 Å². The molecular weight excluding hydrogens is 304 g/mol. The van der Waals surface area contributed by atoms with Gasteiger partial charge in [-0.1, -0.05) is 41.2 Å². The van der Waals surface area contributed by atoms with E-state index in [-0.39, 0.29) is 5.91 Å². The molecule has 0 spiro atoms. The maximum atomic E-state index is 12.3. The zero-order valence-electron chi connectivity index (χ0n) is 13.9.